The van der Waals surface area contributed by atoms with Crippen molar-refractivity contribution < 1.29 is 0 Å². The highest BCUT2D eigenvalue weighted by atomic mass is 15.0. The average molecular weight is 368 g/mol. The molecule has 0 fully saturated rings. The molecule has 0 amide bonds. The molecule has 0 radical (unpaired) electrons. The van der Waals surface area contributed by atoms with Crippen LogP contribution in [0.5, 0.6) is 0 Å². The first-order valence-electron chi connectivity index (χ1n) is 10.2. The molecule has 1 aromatic heterocycles. The van der Waals surface area contributed by atoms with E-state index in [1.165, 1.54) is 38.9 Å². The van der Waals surface area contributed by atoms with Crippen molar-refractivity contribution in [2.75, 3.05) is 0 Å². The summed E-state index contributed by atoms with van der Waals surface area (Å²) < 4.78 is 2.46. The van der Waals surface area contributed by atoms with Crippen molar-refractivity contribution in [2.45, 2.75) is 46.1 Å². The monoisotopic (exact) mass is 367 g/mol. The van der Waals surface area contributed by atoms with E-state index in [1.54, 1.807) is 0 Å². The Morgan fingerprint density at radius 3 is 2.07 bits per heavy atom. The van der Waals surface area contributed by atoms with Crippen molar-refractivity contribution in [1.82, 2.24) is 4.57 Å². The third-order valence-corrected chi connectivity index (χ3v) is 5.62. The summed E-state index contributed by atoms with van der Waals surface area (Å²) in [5, 5.41) is 1.32. The van der Waals surface area contributed by atoms with Crippen molar-refractivity contribution in [1.29, 1.82) is 0 Å². The third-order valence-electron chi connectivity index (χ3n) is 5.62. The Hall–Kier alpha value is -2.80. The summed E-state index contributed by atoms with van der Waals surface area (Å²) in [6, 6.07) is 29.0. The van der Waals surface area contributed by atoms with Crippen molar-refractivity contribution >= 4 is 10.9 Å². The van der Waals surface area contributed by atoms with Crippen molar-refractivity contribution in [3.05, 3.63) is 95.7 Å². The van der Waals surface area contributed by atoms with Crippen LogP contribution < -0.4 is 0 Å². The van der Waals surface area contributed by atoms with E-state index in [4.69, 9.17) is 0 Å². The fourth-order valence-corrected chi connectivity index (χ4v) is 3.92. The number of fused-ring (bicyclic) bond motifs is 1. The first kappa shape index (κ1) is 18.6. The SMILES string of the molecule is CCc1cc2cc(-c3ccc(C(C)(C)C)cc3)ccc2n1Cc1ccccc1. The number of nitrogens with zero attached hydrogens (tertiary/aromatic N) is 1. The van der Waals surface area contributed by atoms with Crippen LogP contribution in [-0.2, 0) is 18.4 Å². The molecular formula is C27H29N. The summed E-state index contributed by atoms with van der Waals surface area (Å²) in [6.07, 6.45) is 1.04. The molecule has 0 aliphatic rings. The van der Waals surface area contributed by atoms with Gasteiger partial charge in [-0.15, -0.1) is 0 Å². The van der Waals surface area contributed by atoms with Gasteiger partial charge in [0.2, 0.25) is 0 Å². The van der Waals surface area contributed by atoms with Crippen molar-refractivity contribution in [3.63, 3.8) is 0 Å². The lowest BCUT2D eigenvalue weighted by atomic mass is 9.86. The smallest absolute Gasteiger partial charge is 0.0486 e. The molecule has 1 heterocycles. The summed E-state index contributed by atoms with van der Waals surface area (Å²) in [5.74, 6) is 0. The van der Waals surface area contributed by atoms with Crippen molar-refractivity contribution in [2.24, 2.45) is 0 Å². The molecular weight excluding hydrogens is 338 g/mol. The lowest BCUT2D eigenvalue weighted by Gasteiger charge is -2.19. The Kier molecular flexibility index (Phi) is 4.85. The minimum Gasteiger partial charge on any atom is -0.340 e. The molecule has 0 aliphatic carbocycles. The molecule has 28 heavy (non-hydrogen) atoms. The lowest BCUT2D eigenvalue weighted by molar-refractivity contribution is 0.590. The Morgan fingerprint density at radius 2 is 1.43 bits per heavy atom. The molecule has 0 bridgehead atoms. The van der Waals surface area contributed by atoms with Crippen molar-refractivity contribution in [3.8, 4) is 11.1 Å². The van der Waals surface area contributed by atoms with Crippen LogP contribution in [0, 0.1) is 0 Å². The zero-order valence-electron chi connectivity index (χ0n) is 17.4. The second kappa shape index (κ2) is 7.31. The fraction of sp³-hybridized carbons (Fsp3) is 0.259. The van der Waals surface area contributed by atoms with Gasteiger partial charge in [-0.25, -0.2) is 0 Å². The van der Waals surface area contributed by atoms with Gasteiger partial charge in [0.1, 0.15) is 0 Å². The van der Waals surface area contributed by atoms with Crippen LogP contribution in [0.1, 0.15) is 44.5 Å². The van der Waals surface area contributed by atoms with Crippen LogP contribution in [0.3, 0.4) is 0 Å². The zero-order chi connectivity index (χ0) is 19.7. The van der Waals surface area contributed by atoms with E-state index in [2.05, 4.69) is 111 Å². The Balaban J connectivity index is 1.72. The molecule has 4 aromatic rings. The molecule has 0 unspecified atom stereocenters. The van der Waals surface area contributed by atoms with Gasteiger partial charge in [0.05, 0.1) is 0 Å². The molecule has 0 N–H and O–H groups in total. The first-order valence-corrected chi connectivity index (χ1v) is 10.2. The topological polar surface area (TPSA) is 4.93 Å². The minimum atomic E-state index is 0.188. The zero-order valence-corrected chi connectivity index (χ0v) is 17.4. The second-order valence-electron chi connectivity index (χ2n) is 8.66. The summed E-state index contributed by atoms with van der Waals surface area (Å²) >= 11 is 0. The largest absolute Gasteiger partial charge is 0.340 e. The molecule has 3 aromatic carbocycles. The van der Waals surface area contributed by atoms with Gasteiger partial charge in [0, 0.05) is 23.1 Å². The maximum absolute atomic E-state index is 2.46. The number of benzene rings is 3. The standard InChI is InChI=1S/C27H29N/c1-5-25-18-23-17-22(21-11-14-24(15-12-21)27(2,3)4)13-16-26(23)28(25)19-20-9-7-6-8-10-20/h6-18H,5,19H2,1-4H3. The predicted octanol–water partition coefficient (Wildman–Crippen LogP) is 7.22. The van der Waals surface area contributed by atoms with E-state index in [-0.39, 0.29) is 5.41 Å². The molecule has 0 saturated heterocycles. The average Bonchev–Trinajstić information content (AvgIpc) is 3.05. The summed E-state index contributed by atoms with van der Waals surface area (Å²) in [6.45, 7) is 9.94. The normalized spacial score (nSPS) is 11.9. The van der Waals surface area contributed by atoms with Crippen LogP contribution in [-0.4, -0.2) is 4.57 Å². The molecule has 0 atom stereocenters. The summed E-state index contributed by atoms with van der Waals surface area (Å²) in [5.41, 5.74) is 8.18. The quantitative estimate of drug-likeness (QED) is 0.359. The Labute approximate surface area is 168 Å². The number of aromatic nitrogens is 1. The predicted molar refractivity (Wildman–Crippen MR) is 121 cm³/mol. The molecule has 0 saturated carbocycles. The van der Waals surface area contributed by atoms with E-state index < -0.39 is 0 Å². The highest BCUT2D eigenvalue weighted by Crippen LogP contribution is 2.30. The number of hydrogen-bond donors (Lipinski definition) is 0. The Bertz CT molecular complexity index is 1080. The molecule has 4 rings (SSSR count). The van der Waals surface area contributed by atoms with Gasteiger partial charge >= 0.3 is 0 Å². The number of rotatable bonds is 4. The van der Waals surface area contributed by atoms with E-state index >= 15 is 0 Å². The van der Waals surface area contributed by atoms with E-state index in [1.807, 2.05) is 0 Å². The number of aryl methyl sites for hydroxylation is 1. The minimum absolute atomic E-state index is 0.188. The van der Waals surface area contributed by atoms with Crippen LogP contribution in [0.4, 0.5) is 0 Å². The van der Waals surface area contributed by atoms with Crippen LogP contribution in [0.2, 0.25) is 0 Å². The molecule has 0 aliphatic heterocycles. The van der Waals surface area contributed by atoms with Gasteiger partial charge in [-0.2, -0.15) is 0 Å². The van der Waals surface area contributed by atoms with Gasteiger partial charge in [0.15, 0.2) is 0 Å². The highest BCUT2D eigenvalue weighted by Gasteiger charge is 2.14. The van der Waals surface area contributed by atoms with Gasteiger partial charge < -0.3 is 4.57 Å². The van der Waals surface area contributed by atoms with E-state index in [0.29, 0.717) is 0 Å². The molecule has 1 nitrogen and oxygen atoms in total. The van der Waals surface area contributed by atoms with Gasteiger partial charge in [-0.1, -0.05) is 88.4 Å². The maximum Gasteiger partial charge on any atom is 0.0486 e. The Morgan fingerprint density at radius 1 is 0.750 bits per heavy atom. The first-order chi connectivity index (χ1) is 13.5. The van der Waals surface area contributed by atoms with Crippen LogP contribution in [0.25, 0.3) is 22.0 Å². The lowest BCUT2D eigenvalue weighted by Crippen LogP contribution is -2.10. The maximum atomic E-state index is 2.46. The highest BCUT2D eigenvalue weighted by molar-refractivity contribution is 5.86. The van der Waals surface area contributed by atoms with Gasteiger partial charge in [0.25, 0.3) is 0 Å². The summed E-state index contributed by atoms with van der Waals surface area (Å²) in [4.78, 5) is 0. The van der Waals surface area contributed by atoms with Gasteiger partial charge in [-0.05, 0) is 52.3 Å². The second-order valence-corrected chi connectivity index (χ2v) is 8.66. The molecule has 1 heteroatoms. The van der Waals surface area contributed by atoms with Crippen LogP contribution >= 0.6 is 0 Å². The number of hydrogen-bond acceptors (Lipinski definition) is 0. The van der Waals surface area contributed by atoms with E-state index in [9.17, 15) is 0 Å². The van der Waals surface area contributed by atoms with Gasteiger partial charge in [-0.3, -0.25) is 0 Å². The fourth-order valence-electron chi connectivity index (χ4n) is 3.92. The third kappa shape index (κ3) is 3.62. The molecule has 142 valence electrons. The molecule has 0 spiro atoms. The van der Waals surface area contributed by atoms with E-state index in [0.717, 1.165) is 13.0 Å². The summed E-state index contributed by atoms with van der Waals surface area (Å²) in [7, 11) is 0. The van der Waals surface area contributed by atoms with Crippen LogP contribution in [0.15, 0.2) is 78.9 Å².